The molecule has 1 aliphatic rings. The van der Waals surface area contributed by atoms with Crippen LogP contribution in [0.4, 0.5) is 0 Å². The van der Waals surface area contributed by atoms with Crippen molar-refractivity contribution in [2.75, 3.05) is 13.0 Å². The van der Waals surface area contributed by atoms with Crippen LogP contribution < -0.4 is 21.0 Å². The van der Waals surface area contributed by atoms with Gasteiger partial charge < -0.3 is 23.8 Å². The van der Waals surface area contributed by atoms with Gasteiger partial charge in [-0.2, -0.15) is 0 Å². The minimum atomic E-state index is -4.68. The number of aromatic amines is 1. The smallest absolute Gasteiger partial charge is 0.330 e. The van der Waals surface area contributed by atoms with Gasteiger partial charge in [-0.05, 0) is 20.4 Å². The molecule has 0 aromatic carbocycles. The van der Waals surface area contributed by atoms with Gasteiger partial charge in [0.1, 0.15) is 6.23 Å². The number of hydrogen-bond donors (Lipinski definition) is 1. The Labute approximate surface area is 113 Å². The third-order valence-corrected chi connectivity index (χ3v) is 3.30. The van der Waals surface area contributed by atoms with E-state index in [4.69, 9.17) is 9.47 Å². The number of nitrogens with one attached hydrogen (secondary N) is 1. The lowest BCUT2D eigenvalue weighted by atomic mass is 10.2. The molecule has 0 unspecified atom stereocenters. The van der Waals surface area contributed by atoms with Crippen LogP contribution in [0.3, 0.4) is 0 Å². The molecule has 1 aliphatic heterocycles. The van der Waals surface area contributed by atoms with Crippen LogP contribution in [0.5, 0.6) is 0 Å². The molecule has 0 bridgehead atoms. The Kier molecular flexibility index (Phi) is 4.56. The van der Waals surface area contributed by atoms with Crippen LogP contribution in [-0.2, 0) is 14.0 Å². The van der Waals surface area contributed by atoms with Gasteiger partial charge in [-0.3, -0.25) is 14.3 Å². The predicted molar refractivity (Wildman–Crippen MR) is 62.9 cm³/mol. The molecule has 0 spiro atoms. The van der Waals surface area contributed by atoms with E-state index < -0.39 is 37.5 Å². The highest BCUT2D eigenvalue weighted by Gasteiger charge is 2.27. The maximum Gasteiger partial charge on any atom is 0.330 e. The zero-order valence-corrected chi connectivity index (χ0v) is 11.3. The fourth-order valence-corrected chi connectivity index (χ4v) is 2.29. The molecule has 20 heavy (non-hydrogen) atoms. The molecule has 0 saturated carbocycles. The van der Waals surface area contributed by atoms with Crippen molar-refractivity contribution >= 4 is 7.60 Å². The summed E-state index contributed by atoms with van der Waals surface area (Å²) in [4.78, 5) is 45.4. The molecule has 1 aromatic rings. The molecule has 1 N–H and O–H groups in total. The molecule has 9 nitrogen and oxygen atoms in total. The zero-order valence-electron chi connectivity index (χ0n) is 10.4. The molecule has 0 radical (unpaired) electrons. The van der Waals surface area contributed by atoms with Crippen LogP contribution in [0, 0.1) is 0 Å². The Morgan fingerprint density at radius 1 is 1.45 bits per heavy atom. The lowest BCUT2D eigenvalue weighted by Gasteiger charge is -2.29. The van der Waals surface area contributed by atoms with E-state index in [0.717, 1.165) is 0 Å². The van der Waals surface area contributed by atoms with Gasteiger partial charge in [-0.25, -0.2) is 4.79 Å². The molecule has 0 aliphatic carbocycles. The average Bonchev–Trinajstić information content (AvgIpc) is 2.75. The molecule has 2 rings (SSSR count). The standard InChI is InChI=1S/C10H15N2O7P/c13-8-3-4-12(10(14)11-8)9-2-1-7(19-9)5-18-6-20(15,16)17/h3-4,7,9H,1-2,5-6H2,(H,11,13,14)(H2,15,16,17)/p-2/t7-,9+/m0/s1. The van der Waals surface area contributed by atoms with Crippen molar-refractivity contribution in [1.29, 1.82) is 0 Å². The third kappa shape index (κ3) is 4.12. The Balaban J connectivity index is 1.90. The van der Waals surface area contributed by atoms with E-state index in [1.165, 1.54) is 16.8 Å². The van der Waals surface area contributed by atoms with Gasteiger partial charge in [0.2, 0.25) is 0 Å². The van der Waals surface area contributed by atoms with E-state index in [-0.39, 0.29) is 6.61 Å². The second kappa shape index (κ2) is 6.02. The van der Waals surface area contributed by atoms with Gasteiger partial charge in [-0.15, -0.1) is 0 Å². The van der Waals surface area contributed by atoms with Crippen molar-refractivity contribution in [2.45, 2.75) is 25.2 Å². The lowest BCUT2D eigenvalue weighted by Crippen LogP contribution is -2.31. The first-order valence-electron chi connectivity index (χ1n) is 5.91. The Hall–Kier alpha value is -1.25. The Morgan fingerprint density at radius 2 is 2.20 bits per heavy atom. The van der Waals surface area contributed by atoms with Crippen LogP contribution in [0.15, 0.2) is 21.9 Å². The van der Waals surface area contributed by atoms with Crippen molar-refractivity contribution in [3.05, 3.63) is 33.1 Å². The highest BCUT2D eigenvalue weighted by Crippen LogP contribution is 2.28. The molecule has 112 valence electrons. The van der Waals surface area contributed by atoms with Crippen LogP contribution in [0.2, 0.25) is 0 Å². The molecule has 10 heteroatoms. The minimum absolute atomic E-state index is 0.0386. The van der Waals surface area contributed by atoms with Gasteiger partial charge in [-0.1, -0.05) is 0 Å². The molecule has 2 heterocycles. The first-order chi connectivity index (χ1) is 9.35. The highest BCUT2D eigenvalue weighted by molar-refractivity contribution is 7.48. The van der Waals surface area contributed by atoms with E-state index >= 15 is 0 Å². The van der Waals surface area contributed by atoms with Crippen molar-refractivity contribution in [1.82, 2.24) is 9.55 Å². The number of aromatic nitrogens is 2. The van der Waals surface area contributed by atoms with Gasteiger partial charge >= 0.3 is 5.69 Å². The van der Waals surface area contributed by atoms with Crippen molar-refractivity contribution in [3.63, 3.8) is 0 Å². The quantitative estimate of drug-likeness (QED) is 0.627. The maximum absolute atomic E-state index is 11.6. The SMILES string of the molecule is O=c1ccn([C@H]2CC[C@@H](COCP(=O)([O-])[O-])O2)c(=O)[nH]1. The lowest BCUT2D eigenvalue weighted by molar-refractivity contribution is -0.318. The second-order valence-electron chi connectivity index (χ2n) is 4.42. The van der Waals surface area contributed by atoms with E-state index in [0.29, 0.717) is 12.8 Å². The first kappa shape index (κ1) is 15.1. The van der Waals surface area contributed by atoms with Crippen LogP contribution in [0.25, 0.3) is 0 Å². The Bertz CT molecular complexity index is 619. The van der Waals surface area contributed by atoms with Crippen molar-refractivity contribution in [3.8, 4) is 0 Å². The molecular weight excluding hydrogens is 291 g/mol. The average molecular weight is 304 g/mol. The summed E-state index contributed by atoms with van der Waals surface area (Å²) < 4.78 is 21.9. The molecule has 0 amide bonds. The van der Waals surface area contributed by atoms with Crippen LogP contribution >= 0.6 is 7.60 Å². The summed E-state index contributed by atoms with van der Waals surface area (Å²) in [5, 5.41) is 0. The number of nitrogens with zero attached hydrogens (tertiary/aromatic N) is 1. The summed E-state index contributed by atoms with van der Waals surface area (Å²) in [5.74, 6) is 0. The van der Waals surface area contributed by atoms with Gasteiger partial charge in [0.05, 0.1) is 19.1 Å². The minimum Gasteiger partial charge on any atom is -0.809 e. The number of rotatable bonds is 5. The normalized spacial score (nSPS) is 23.1. The largest absolute Gasteiger partial charge is 0.809 e. The summed E-state index contributed by atoms with van der Waals surface area (Å²) in [6.07, 6.45) is 0.587. The molecule has 1 aromatic heterocycles. The molecule has 1 fully saturated rings. The van der Waals surface area contributed by atoms with E-state index in [1.807, 2.05) is 0 Å². The monoisotopic (exact) mass is 304 g/mol. The maximum atomic E-state index is 11.6. The summed E-state index contributed by atoms with van der Waals surface area (Å²) in [6, 6.07) is 1.21. The van der Waals surface area contributed by atoms with Gasteiger partial charge in [0, 0.05) is 12.3 Å². The van der Waals surface area contributed by atoms with Crippen molar-refractivity contribution in [2.24, 2.45) is 0 Å². The summed E-state index contributed by atoms with van der Waals surface area (Å²) in [6.45, 7) is -0.0386. The predicted octanol–water partition coefficient (Wildman–Crippen LogP) is -1.90. The van der Waals surface area contributed by atoms with E-state index in [1.54, 1.807) is 0 Å². The fourth-order valence-electron chi connectivity index (χ4n) is 1.96. The summed E-state index contributed by atoms with van der Waals surface area (Å²) in [7, 11) is -4.68. The van der Waals surface area contributed by atoms with E-state index in [2.05, 4.69) is 4.98 Å². The number of ether oxygens (including phenoxy) is 2. The van der Waals surface area contributed by atoms with Crippen molar-refractivity contribution < 1.29 is 23.8 Å². The van der Waals surface area contributed by atoms with Gasteiger partial charge in [0.15, 0.2) is 0 Å². The highest BCUT2D eigenvalue weighted by atomic mass is 31.2. The van der Waals surface area contributed by atoms with Crippen LogP contribution in [0.1, 0.15) is 19.1 Å². The Morgan fingerprint density at radius 3 is 2.85 bits per heavy atom. The van der Waals surface area contributed by atoms with Gasteiger partial charge in [0.25, 0.3) is 5.56 Å². The number of H-pyrrole nitrogens is 1. The van der Waals surface area contributed by atoms with E-state index in [9.17, 15) is 23.9 Å². The van der Waals surface area contributed by atoms with Crippen LogP contribution in [-0.4, -0.2) is 28.6 Å². The zero-order chi connectivity index (χ0) is 14.8. The number of hydrogen-bond acceptors (Lipinski definition) is 7. The molecule has 2 atom stereocenters. The molecule has 1 saturated heterocycles. The fraction of sp³-hybridized carbons (Fsp3) is 0.600. The first-order valence-corrected chi connectivity index (χ1v) is 7.64. The summed E-state index contributed by atoms with van der Waals surface area (Å²) >= 11 is 0. The summed E-state index contributed by atoms with van der Waals surface area (Å²) in [5.41, 5.74) is -1.07. The second-order valence-corrected chi connectivity index (χ2v) is 5.90. The third-order valence-electron chi connectivity index (χ3n) is 2.80. The topological polar surface area (TPSA) is 137 Å². The molecular formula is C10H13N2O7P-2.